The average molecular weight is 269 g/mol. The highest BCUT2D eigenvalue weighted by atomic mass is 16.3. The van der Waals surface area contributed by atoms with Gasteiger partial charge in [-0.3, -0.25) is 0 Å². The Hall–Kier alpha value is -0.0800. The topological polar surface area (TPSA) is 23.5 Å². The standard InChI is InChI=1S/C17H35NO/c1-6-15(7-2)11-18(8-3)12-16-14(5)9-13(4)10-17(16)19/h13-17,19H,6-12H2,1-5H3. The molecule has 0 aromatic carbocycles. The molecule has 0 heterocycles. The van der Waals surface area contributed by atoms with Crippen LogP contribution in [0.3, 0.4) is 0 Å². The molecule has 0 saturated heterocycles. The zero-order valence-corrected chi connectivity index (χ0v) is 13.7. The van der Waals surface area contributed by atoms with E-state index in [9.17, 15) is 5.11 Å². The predicted molar refractivity (Wildman–Crippen MR) is 83.2 cm³/mol. The summed E-state index contributed by atoms with van der Waals surface area (Å²) >= 11 is 0. The lowest BCUT2D eigenvalue weighted by molar-refractivity contribution is -0.00355. The summed E-state index contributed by atoms with van der Waals surface area (Å²) in [6.07, 6.45) is 4.73. The lowest BCUT2D eigenvalue weighted by atomic mass is 9.73. The lowest BCUT2D eigenvalue weighted by Crippen LogP contribution is -2.43. The van der Waals surface area contributed by atoms with Gasteiger partial charge in [-0.05, 0) is 37.1 Å². The summed E-state index contributed by atoms with van der Waals surface area (Å²) in [5.74, 6) is 2.64. The van der Waals surface area contributed by atoms with Crippen LogP contribution in [-0.4, -0.2) is 35.7 Å². The van der Waals surface area contributed by atoms with E-state index in [0.29, 0.717) is 17.8 Å². The number of hydrogen-bond acceptors (Lipinski definition) is 2. The summed E-state index contributed by atoms with van der Waals surface area (Å²) in [7, 11) is 0. The van der Waals surface area contributed by atoms with Crippen molar-refractivity contribution < 1.29 is 5.11 Å². The van der Waals surface area contributed by atoms with Crippen LogP contribution in [0.4, 0.5) is 0 Å². The van der Waals surface area contributed by atoms with E-state index >= 15 is 0 Å². The monoisotopic (exact) mass is 269 g/mol. The third-order valence-corrected chi connectivity index (χ3v) is 5.23. The van der Waals surface area contributed by atoms with Gasteiger partial charge in [0.1, 0.15) is 0 Å². The molecule has 19 heavy (non-hydrogen) atoms. The van der Waals surface area contributed by atoms with Gasteiger partial charge in [-0.25, -0.2) is 0 Å². The Morgan fingerprint density at radius 3 is 2.21 bits per heavy atom. The molecule has 0 amide bonds. The summed E-state index contributed by atoms with van der Waals surface area (Å²) in [6, 6.07) is 0. The first-order valence-corrected chi connectivity index (χ1v) is 8.42. The number of nitrogens with zero attached hydrogens (tertiary/aromatic N) is 1. The molecule has 0 aromatic heterocycles. The van der Waals surface area contributed by atoms with Crippen LogP contribution in [0.15, 0.2) is 0 Å². The maximum Gasteiger partial charge on any atom is 0.0585 e. The van der Waals surface area contributed by atoms with Gasteiger partial charge in [0.05, 0.1) is 6.10 Å². The van der Waals surface area contributed by atoms with Gasteiger partial charge in [0.25, 0.3) is 0 Å². The first-order valence-electron chi connectivity index (χ1n) is 8.42. The molecule has 0 radical (unpaired) electrons. The molecule has 1 rings (SSSR count). The highest BCUT2D eigenvalue weighted by Crippen LogP contribution is 2.34. The molecule has 0 aliphatic heterocycles. The highest BCUT2D eigenvalue weighted by Gasteiger charge is 2.33. The summed E-state index contributed by atoms with van der Waals surface area (Å²) in [6.45, 7) is 14.8. The number of rotatable bonds is 7. The van der Waals surface area contributed by atoms with E-state index in [4.69, 9.17) is 0 Å². The Balaban J connectivity index is 2.54. The Morgan fingerprint density at radius 2 is 1.74 bits per heavy atom. The molecule has 0 aromatic rings. The Labute approximate surface area is 120 Å². The van der Waals surface area contributed by atoms with Crippen LogP contribution in [0.5, 0.6) is 0 Å². The van der Waals surface area contributed by atoms with Crippen molar-refractivity contribution in [3.05, 3.63) is 0 Å². The van der Waals surface area contributed by atoms with Gasteiger partial charge in [0.15, 0.2) is 0 Å². The third kappa shape index (κ3) is 5.07. The van der Waals surface area contributed by atoms with Gasteiger partial charge >= 0.3 is 0 Å². The second kappa shape index (κ2) is 8.26. The summed E-state index contributed by atoms with van der Waals surface area (Å²) in [4.78, 5) is 2.57. The summed E-state index contributed by atoms with van der Waals surface area (Å²) < 4.78 is 0. The fourth-order valence-corrected chi connectivity index (χ4v) is 3.72. The van der Waals surface area contributed by atoms with Gasteiger partial charge in [0, 0.05) is 19.0 Å². The number of aliphatic hydroxyl groups is 1. The Bertz CT molecular complexity index is 227. The van der Waals surface area contributed by atoms with Crippen LogP contribution in [0.1, 0.15) is 60.3 Å². The predicted octanol–water partition coefficient (Wildman–Crippen LogP) is 3.79. The molecule has 1 fully saturated rings. The van der Waals surface area contributed by atoms with Crippen LogP contribution in [-0.2, 0) is 0 Å². The van der Waals surface area contributed by atoms with Crippen LogP contribution in [0.25, 0.3) is 0 Å². The number of aliphatic hydroxyl groups excluding tert-OH is 1. The second-order valence-electron chi connectivity index (χ2n) is 6.82. The quantitative estimate of drug-likeness (QED) is 0.760. The molecule has 1 aliphatic carbocycles. The van der Waals surface area contributed by atoms with Gasteiger partial charge in [-0.1, -0.05) is 47.5 Å². The van der Waals surface area contributed by atoms with Gasteiger partial charge in [0.2, 0.25) is 0 Å². The SMILES string of the molecule is CCC(CC)CN(CC)CC1C(C)CC(C)CC1O. The van der Waals surface area contributed by atoms with Gasteiger partial charge in [-0.15, -0.1) is 0 Å². The smallest absolute Gasteiger partial charge is 0.0585 e. The van der Waals surface area contributed by atoms with Crippen LogP contribution in [0.2, 0.25) is 0 Å². The van der Waals surface area contributed by atoms with Crippen molar-refractivity contribution in [2.24, 2.45) is 23.7 Å². The minimum atomic E-state index is -0.0884. The first kappa shape index (κ1) is 17.0. The Morgan fingerprint density at radius 1 is 1.11 bits per heavy atom. The fourth-order valence-electron chi connectivity index (χ4n) is 3.72. The van der Waals surface area contributed by atoms with Crippen molar-refractivity contribution in [3.63, 3.8) is 0 Å². The largest absolute Gasteiger partial charge is 0.393 e. The van der Waals surface area contributed by atoms with Crippen molar-refractivity contribution in [3.8, 4) is 0 Å². The summed E-state index contributed by atoms with van der Waals surface area (Å²) in [5.41, 5.74) is 0. The molecule has 2 heteroatoms. The average Bonchev–Trinajstić information content (AvgIpc) is 2.37. The number of hydrogen-bond donors (Lipinski definition) is 1. The zero-order chi connectivity index (χ0) is 14.4. The van der Waals surface area contributed by atoms with Gasteiger partial charge in [-0.2, -0.15) is 0 Å². The molecular formula is C17H35NO. The molecule has 0 bridgehead atoms. The molecular weight excluding hydrogens is 234 g/mol. The molecule has 114 valence electrons. The van der Waals surface area contributed by atoms with Crippen molar-refractivity contribution in [2.45, 2.75) is 66.4 Å². The Kier molecular flexibility index (Phi) is 7.38. The van der Waals surface area contributed by atoms with Crippen LogP contribution < -0.4 is 0 Å². The molecule has 4 unspecified atom stereocenters. The lowest BCUT2D eigenvalue weighted by Gasteiger charge is -2.40. The molecule has 1 saturated carbocycles. The maximum absolute atomic E-state index is 10.4. The van der Waals surface area contributed by atoms with E-state index in [-0.39, 0.29) is 6.10 Å². The van der Waals surface area contributed by atoms with E-state index in [0.717, 1.165) is 25.4 Å². The molecule has 2 nitrogen and oxygen atoms in total. The molecule has 0 spiro atoms. The third-order valence-electron chi connectivity index (χ3n) is 5.23. The van der Waals surface area contributed by atoms with Crippen molar-refractivity contribution >= 4 is 0 Å². The van der Waals surface area contributed by atoms with Crippen molar-refractivity contribution in [2.75, 3.05) is 19.6 Å². The molecule has 1 N–H and O–H groups in total. The van der Waals surface area contributed by atoms with Crippen molar-refractivity contribution in [1.29, 1.82) is 0 Å². The minimum absolute atomic E-state index is 0.0884. The zero-order valence-electron chi connectivity index (χ0n) is 13.7. The highest BCUT2D eigenvalue weighted by molar-refractivity contribution is 4.85. The molecule has 4 atom stereocenters. The summed E-state index contributed by atoms with van der Waals surface area (Å²) in [5, 5.41) is 10.4. The maximum atomic E-state index is 10.4. The minimum Gasteiger partial charge on any atom is -0.393 e. The normalized spacial score (nSPS) is 32.2. The van der Waals surface area contributed by atoms with E-state index in [1.807, 2.05) is 0 Å². The first-order chi connectivity index (χ1) is 9.01. The van der Waals surface area contributed by atoms with Crippen LogP contribution in [0, 0.1) is 23.7 Å². The van der Waals surface area contributed by atoms with E-state index < -0.39 is 0 Å². The van der Waals surface area contributed by atoms with Crippen molar-refractivity contribution in [1.82, 2.24) is 4.90 Å². The van der Waals surface area contributed by atoms with E-state index in [1.165, 1.54) is 25.8 Å². The van der Waals surface area contributed by atoms with E-state index in [2.05, 4.69) is 39.5 Å². The molecule has 1 aliphatic rings. The second-order valence-corrected chi connectivity index (χ2v) is 6.82. The van der Waals surface area contributed by atoms with Crippen LogP contribution >= 0.6 is 0 Å². The van der Waals surface area contributed by atoms with E-state index in [1.54, 1.807) is 0 Å². The van der Waals surface area contributed by atoms with Gasteiger partial charge < -0.3 is 10.0 Å². The fraction of sp³-hybridized carbons (Fsp3) is 1.00.